The van der Waals surface area contributed by atoms with Crippen LogP contribution in [0, 0.1) is 5.41 Å². The molecule has 3 heterocycles. The van der Waals surface area contributed by atoms with Crippen molar-refractivity contribution in [2.75, 3.05) is 12.4 Å². The number of unbranched alkanes of at least 4 members (excludes halogenated alkanes) is 1. The van der Waals surface area contributed by atoms with E-state index in [0.29, 0.717) is 18.1 Å². The molecule has 3 aliphatic heterocycles. The number of carbonyl (C=O) groups is 2. The fourth-order valence-corrected chi connectivity index (χ4v) is 6.91. The number of nitrogens with one attached hydrogen (secondary N) is 2. The van der Waals surface area contributed by atoms with Gasteiger partial charge in [-0.25, -0.2) is 4.79 Å². The minimum Gasteiger partial charge on any atom is -0.462 e. The maximum atomic E-state index is 12.4. The van der Waals surface area contributed by atoms with Crippen molar-refractivity contribution < 1.29 is 29.3 Å². The molecule has 0 aromatic carbocycles. The van der Waals surface area contributed by atoms with Gasteiger partial charge in [0.25, 0.3) is 0 Å². The van der Waals surface area contributed by atoms with E-state index < -0.39 is 27.8 Å². The monoisotopic (exact) mass is 472 g/mol. The highest BCUT2D eigenvalue weighted by atomic mass is 32.2. The fraction of sp³-hybridized carbons (Fsp3) is 0.913. The predicted octanol–water partition coefficient (Wildman–Crippen LogP) is 2.35. The first-order chi connectivity index (χ1) is 14.6. The second kappa shape index (κ2) is 8.32. The standard InChI is InChI=1S/C23H40N2O6S/c1-19(2)22(6,28)20(3,4)31-21(5,23(19,7)29)13-30-16(26)11-9-8-10-15-17-14(12-32-15)24-18(27)25-17/h14-15,17,28-29H,8-13H2,1-7H3,(H2,24,25,27)/t14-,15?,17-,21+,22-,23?/m0/s1. The average molecular weight is 473 g/mol. The Balaban J connectivity index is 1.49. The Hall–Kier alpha value is -1.03. The quantitative estimate of drug-likeness (QED) is 0.255. The van der Waals surface area contributed by atoms with Crippen molar-refractivity contribution in [1.29, 1.82) is 0 Å². The van der Waals surface area contributed by atoms with Crippen molar-refractivity contribution >= 4 is 23.8 Å². The van der Waals surface area contributed by atoms with Gasteiger partial charge < -0.3 is 30.3 Å². The molecule has 32 heavy (non-hydrogen) atoms. The summed E-state index contributed by atoms with van der Waals surface area (Å²) >= 11 is 1.86. The third kappa shape index (κ3) is 4.03. The Kier molecular flexibility index (Phi) is 6.66. The zero-order valence-corrected chi connectivity index (χ0v) is 21.2. The Morgan fingerprint density at radius 2 is 1.75 bits per heavy atom. The van der Waals surface area contributed by atoms with Crippen LogP contribution in [0.2, 0.25) is 0 Å². The number of aliphatic hydroxyl groups is 2. The number of amides is 2. The second-order valence-electron chi connectivity index (χ2n) is 11.1. The molecule has 0 aromatic heterocycles. The summed E-state index contributed by atoms with van der Waals surface area (Å²) in [6, 6.07) is 0.297. The number of rotatable bonds is 7. The smallest absolute Gasteiger partial charge is 0.315 e. The Labute approximate surface area is 195 Å². The van der Waals surface area contributed by atoms with E-state index in [0.717, 1.165) is 18.6 Å². The molecule has 184 valence electrons. The lowest BCUT2D eigenvalue weighted by Crippen LogP contribution is -2.79. The van der Waals surface area contributed by atoms with Gasteiger partial charge in [0, 0.05) is 22.8 Å². The molecule has 8 nitrogen and oxygen atoms in total. The van der Waals surface area contributed by atoms with E-state index in [1.54, 1.807) is 34.6 Å². The average Bonchev–Trinajstić information content (AvgIpc) is 3.21. The van der Waals surface area contributed by atoms with Crippen LogP contribution in [0.25, 0.3) is 0 Å². The highest BCUT2D eigenvalue weighted by Crippen LogP contribution is 2.57. The maximum Gasteiger partial charge on any atom is 0.315 e. The van der Waals surface area contributed by atoms with Crippen LogP contribution >= 0.6 is 11.8 Å². The SMILES string of the molecule is CC1(C)O[C@](C)(COC(=O)CCCCC2SC[C@@H]3NC(=O)N[C@H]23)C(C)(O)C(C)(C)[C@]1(C)O. The fourth-order valence-electron chi connectivity index (χ4n) is 5.37. The number of fused-ring (bicyclic) bond motifs is 1. The molecule has 3 saturated heterocycles. The van der Waals surface area contributed by atoms with Gasteiger partial charge in [-0.2, -0.15) is 11.8 Å². The molecular formula is C23H40N2O6S. The van der Waals surface area contributed by atoms with E-state index in [9.17, 15) is 19.8 Å². The van der Waals surface area contributed by atoms with Crippen LogP contribution < -0.4 is 10.6 Å². The van der Waals surface area contributed by atoms with Gasteiger partial charge in [0.1, 0.15) is 17.8 Å². The summed E-state index contributed by atoms with van der Waals surface area (Å²) in [6.07, 6.45) is 2.81. The van der Waals surface area contributed by atoms with E-state index in [-0.39, 0.29) is 30.7 Å². The highest BCUT2D eigenvalue weighted by Gasteiger charge is 2.71. The van der Waals surface area contributed by atoms with Crippen LogP contribution in [0.3, 0.4) is 0 Å². The molecule has 0 aliphatic carbocycles. The van der Waals surface area contributed by atoms with Crippen molar-refractivity contribution in [3.8, 4) is 0 Å². The molecule has 3 rings (SSSR count). The first-order valence-corrected chi connectivity index (χ1v) is 12.6. The van der Waals surface area contributed by atoms with Crippen LogP contribution in [0.4, 0.5) is 4.79 Å². The first-order valence-electron chi connectivity index (χ1n) is 11.5. The van der Waals surface area contributed by atoms with Gasteiger partial charge in [0.05, 0.1) is 23.3 Å². The number of hydrogen-bond donors (Lipinski definition) is 4. The molecule has 4 N–H and O–H groups in total. The third-order valence-corrected chi connectivity index (χ3v) is 10.2. The molecule has 0 bridgehead atoms. The van der Waals surface area contributed by atoms with Crippen LogP contribution in [0.1, 0.15) is 74.1 Å². The summed E-state index contributed by atoms with van der Waals surface area (Å²) < 4.78 is 11.8. The van der Waals surface area contributed by atoms with Gasteiger partial charge in [-0.15, -0.1) is 0 Å². The third-order valence-electron chi connectivity index (χ3n) is 8.68. The zero-order chi connectivity index (χ0) is 24.2. The first kappa shape index (κ1) is 25.6. The minimum atomic E-state index is -1.45. The number of urea groups is 1. The highest BCUT2D eigenvalue weighted by molar-refractivity contribution is 8.00. The molecular weight excluding hydrogens is 432 g/mol. The normalized spacial score (nSPS) is 42.2. The Bertz CT molecular complexity index is 753. The van der Waals surface area contributed by atoms with Crippen LogP contribution in [-0.2, 0) is 14.3 Å². The summed E-state index contributed by atoms with van der Waals surface area (Å²) in [6.45, 7) is 12.1. The van der Waals surface area contributed by atoms with Gasteiger partial charge in [-0.3, -0.25) is 4.79 Å². The largest absolute Gasteiger partial charge is 0.462 e. The van der Waals surface area contributed by atoms with Crippen LogP contribution in [0.15, 0.2) is 0 Å². The summed E-state index contributed by atoms with van der Waals surface area (Å²) in [5.41, 5.74) is -5.82. The maximum absolute atomic E-state index is 12.4. The van der Waals surface area contributed by atoms with Gasteiger partial charge in [-0.05, 0) is 47.5 Å². The Morgan fingerprint density at radius 1 is 1.09 bits per heavy atom. The van der Waals surface area contributed by atoms with E-state index in [2.05, 4.69) is 10.6 Å². The number of thioether (sulfide) groups is 1. The molecule has 6 atom stereocenters. The number of hydrogen-bond acceptors (Lipinski definition) is 7. The summed E-state index contributed by atoms with van der Waals surface area (Å²) in [5, 5.41) is 28.9. The van der Waals surface area contributed by atoms with Crippen molar-refractivity contribution in [1.82, 2.24) is 10.6 Å². The second-order valence-corrected chi connectivity index (χ2v) is 12.4. The lowest BCUT2D eigenvalue weighted by molar-refractivity contribution is -0.379. The number of ether oxygens (including phenoxy) is 2. The summed E-state index contributed by atoms with van der Waals surface area (Å²) in [7, 11) is 0. The molecule has 0 spiro atoms. The van der Waals surface area contributed by atoms with Gasteiger partial charge in [0.2, 0.25) is 0 Å². The molecule has 0 radical (unpaired) electrons. The van der Waals surface area contributed by atoms with Gasteiger partial charge in [-0.1, -0.05) is 20.3 Å². The van der Waals surface area contributed by atoms with Gasteiger partial charge >= 0.3 is 12.0 Å². The van der Waals surface area contributed by atoms with E-state index in [1.807, 2.05) is 25.6 Å². The molecule has 2 unspecified atom stereocenters. The molecule has 3 aliphatic rings. The molecule has 9 heteroatoms. The topological polar surface area (TPSA) is 117 Å². The van der Waals surface area contributed by atoms with E-state index in [4.69, 9.17) is 9.47 Å². The number of carbonyl (C=O) groups excluding carboxylic acids is 2. The van der Waals surface area contributed by atoms with Crippen molar-refractivity contribution in [2.24, 2.45) is 5.41 Å². The van der Waals surface area contributed by atoms with Crippen LogP contribution in [0.5, 0.6) is 0 Å². The summed E-state index contributed by atoms with van der Waals surface area (Å²) in [5.74, 6) is 0.597. The van der Waals surface area contributed by atoms with E-state index in [1.165, 1.54) is 0 Å². The minimum absolute atomic E-state index is 0.0870. The van der Waals surface area contributed by atoms with Crippen LogP contribution in [-0.4, -0.2) is 74.3 Å². The van der Waals surface area contributed by atoms with E-state index >= 15 is 0 Å². The summed E-state index contributed by atoms with van der Waals surface area (Å²) in [4.78, 5) is 23.9. The predicted molar refractivity (Wildman–Crippen MR) is 124 cm³/mol. The lowest BCUT2D eigenvalue weighted by Gasteiger charge is -2.66. The molecule has 0 saturated carbocycles. The van der Waals surface area contributed by atoms with Crippen molar-refractivity contribution in [2.45, 2.75) is 114 Å². The number of esters is 1. The lowest BCUT2D eigenvalue weighted by atomic mass is 9.53. The zero-order valence-electron chi connectivity index (χ0n) is 20.4. The Morgan fingerprint density at radius 3 is 2.41 bits per heavy atom. The molecule has 2 amide bonds. The molecule has 0 aromatic rings. The van der Waals surface area contributed by atoms with Crippen molar-refractivity contribution in [3.63, 3.8) is 0 Å². The van der Waals surface area contributed by atoms with Crippen molar-refractivity contribution in [3.05, 3.63) is 0 Å². The van der Waals surface area contributed by atoms with Gasteiger partial charge in [0.15, 0.2) is 0 Å². The molecule has 3 fully saturated rings.